The maximum atomic E-state index is 12.1. The zero-order valence-electron chi connectivity index (χ0n) is 11.7. The molecule has 0 atom stereocenters. The molecule has 0 aliphatic carbocycles. The van der Waals surface area contributed by atoms with E-state index in [1.54, 1.807) is 23.2 Å². The SMILES string of the molecule is CCCCn1c(=O)[nH]c(=O)c2c1ncn2Cc1ccco1. The fraction of sp³-hybridized carbons (Fsp3) is 0.357. The third kappa shape index (κ3) is 2.42. The fourth-order valence-corrected chi connectivity index (χ4v) is 2.34. The number of fused-ring (bicyclic) bond motifs is 1. The number of unbranched alkanes of at least 4 members (excludes halogenated alkanes) is 1. The maximum Gasteiger partial charge on any atom is 0.330 e. The third-order valence-corrected chi connectivity index (χ3v) is 3.40. The van der Waals surface area contributed by atoms with Crippen molar-refractivity contribution in [2.24, 2.45) is 0 Å². The highest BCUT2D eigenvalue weighted by Crippen LogP contribution is 2.10. The fourth-order valence-electron chi connectivity index (χ4n) is 2.34. The van der Waals surface area contributed by atoms with Crippen molar-refractivity contribution in [1.29, 1.82) is 0 Å². The Kier molecular flexibility index (Phi) is 3.47. The van der Waals surface area contributed by atoms with Crippen molar-refractivity contribution in [3.05, 3.63) is 51.3 Å². The quantitative estimate of drug-likeness (QED) is 0.767. The van der Waals surface area contributed by atoms with Crippen LogP contribution in [0.3, 0.4) is 0 Å². The molecule has 3 rings (SSSR count). The number of rotatable bonds is 5. The minimum absolute atomic E-state index is 0.391. The summed E-state index contributed by atoms with van der Waals surface area (Å²) < 4.78 is 8.49. The van der Waals surface area contributed by atoms with Gasteiger partial charge in [0, 0.05) is 6.54 Å². The molecular formula is C14H16N4O3. The topological polar surface area (TPSA) is 85.8 Å². The Balaban J connectivity index is 2.12. The highest BCUT2D eigenvalue weighted by molar-refractivity contribution is 5.69. The van der Waals surface area contributed by atoms with Crippen LogP contribution in [0.1, 0.15) is 25.5 Å². The van der Waals surface area contributed by atoms with Gasteiger partial charge in [-0.25, -0.2) is 9.78 Å². The van der Waals surface area contributed by atoms with Gasteiger partial charge >= 0.3 is 5.69 Å². The Morgan fingerprint density at radius 3 is 2.95 bits per heavy atom. The van der Waals surface area contributed by atoms with Crippen LogP contribution in [0.25, 0.3) is 11.2 Å². The van der Waals surface area contributed by atoms with Gasteiger partial charge in [-0.05, 0) is 18.6 Å². The first kappa shape index (κ1) is 13.4. The lowest BCUT2D eigenvalue weighted by molar-refractivity contribution is 0.496. The van der Waals surface area contributed by atoms with E-state index in [0.29, 0.717) is 24.3 Å². The standard InChI is InChI=1S/C14H16N4O3/c1-2-3-6-18-12-11(13(19)16-14(18)20)17(9-15-12)8-10-5-4-7-21-10/h4-5,7,9H,2-3,6,8H2,1H3,(H,16,19,20). The number of nitrogens with zero attached hydrogens (tertiary/aromatic N) is 3. The number of furan rings is 1. The first-order valence-corrected chi connectivity index (χ1v) is 6.91. The Bertz CT molecular complexity index is 855. The van der Waals surface area contributed by atoms with Crippen LogP contribution >= 0.6 is 0 Å². The van der Waals surface area contributed by atoms with Gasteiger partial charge in [0.05, 0.1) is 19.1 Å². The zero-order valence-corrected chi connectivity index (χ0v) is 11.7. The molecule has 110 valence electrons. The van der Waals surface area contributed by atoms with Crippen LogP contribution in [-0.2, 0) is 13.1 Å². The molecule has 0 aliphatic heterocycles. The van der Waals surface area contributed by atoms with Crippen molar-refractivity contribution in [2.75, 3.05) is 0 Å². The number of aryl methyl sites for hydroxylation is 1. The largest absolute Gasteiger partial charge is 0.467 e. The monoisotopic (exact) mass is 288 g/mol. The van der Waals surface area contributed by atoms with Crippen LogP contribution in [0.4, 0.5) is 0 Å². The predicted molar refractivity (Wildman–Crippen MR) is 77.3 cm³/mol. The Labute approximate surface area is 119 Å². The van der Waals surface area contributed by atoms with Gasteiger partial charge in [0.15, 0.2) is 11.2 Å². The molecule has 7 heteroatoms. The van der Waals surface area contributed by atoms with E-state index in [9.17, 15) is 9.59 Å². The summed E-state index contributed by atoms with van der Waals surface area (Å²) >= 11 is 0. The summed E-state index contributed by atoms with van der Waals surface area (Å²) in [6.45, 7) is 2.99. The summed E-state index contributed by atoms with van der Waals surface area (Å²) in [5, 5.41) is 0. The van der Waals surface area contributed by atoms with Gasteiger partial charge in [-0.3, -0.25) is 14.3 Å². The van der Waals surface area contributed by atoms with Gasteiger partial charge in [-0.1, -0.05) is 13.3 Å². The van der Waals surface area contributed by atoms with E-state index in [-0.39, 0.29) is 0 Å². The van der Waals surface area contributed by atoms with Gasteiger partial charge in [0.25, 0.3) is 5.56 Å². The molecule has 3 aromatic rings. The van der Waals surface area contributed by atoms with E-state index in [1.165, 1.54) is 4.57 Å². The molecule has 0 amide bonds. The second-order valence-electron chi connectivity index (χ2n) is 4.89. The van der Waals surface area contributed by atoms with E-state index in [2.05, 4.69) is 9.97 Å². The van der Waals surface area contributed by atoms with Crippen molar-refractivity contribution in [1.82, 2.24) is 19.1 Å². The van der Waals surface area contributed by atoms with Crippen molar-refractivity contribution in [3.63, 3.8) is 0 Å². The first-order chi connectivity index (χ1) is 10.2. The Morgan fingerprint density at radius 1 is 1.38 bits per heavy atom. The summed E-state index contributed by atoms with van der Waals surface area (Å²) in [5.74, 6) is 0.722. The molecule has 0 saturated carbocycles. The van der Waals surface area contributed by atoms with Gasteiger partial charge in [0.2, 0.25) is 0 Å². The third-order valence-electron chi connectivity index (χ3n) is 3.40. The van der Waals surface area contributed by atoms with Gasteiger partial charge < -0.3 is 8.98 Å². The van der Waals surface area contributed by atoms with Crippen LogP contribution in [0.2, 0.25) is 0 Å². The molecule has 0 saturated heterocycles. The first-order valence-electron chi connectivity index (χ1n) is 6.91. The number of imidazole rings is 1. The second-order valence-corrected chi connectivity index (χ2v) is 4.89. The summed E-state index contributed by atoms with van der Waals surface area (Å²) in [7, 11) is 0. The van der Waals surface area contributed by atoms with E-state index in [0.717, 1.165) is 18.6 Å². The van der Waals surface area contributed by atoms with E-state index in [4.69, 9.17) is 4.42 Å². The smallest absolute Gasteiger partial charge is 0.330 e. The summed E-state index contributed by atoms with van der Waals surface area (Å²) in [4.78, 5) is 30.6. The van der Waals surface area contributed by atoms with Crippen LogP contribution < -0.4 is 11.2 Å². The molecule has 3 heterocycles. The molecule has 7 nitrogen and oxygen atoms in total. The lowest BCUT2D eigenvalue weighted by atomic mass is 10.3. The van der Waals surface area contributed by atoms with Crippen molar-refractivity contribution >= 4 is 11.2 Å². The molecule has 0 aliphatic rings. The molecule has 0 unspecified atom stereocenters. The number of hydrogen-bond donors (Lipinski definition) is 1. The summed E-state index contributed by atoms with van der Waals surface area (Å²) in [6, 6.07) is 3.61. The normalized spacial score (nSPS) is 11.3. The number of hydrogen-bond acceptors (Lipinski definition) is 4. The molecule has 0 bridgehead atoms. The van der Waals surface area contributed by atoms with E-state index in [1.807, 2.05) is 13.0 Å². The molecule has 21 heavy (non-hydrogen) atoms. The number of nitrogens with one attached hydrogen (secondary N) is 1. The lowest BCUT2D eigenvalue weighted by Crippen LogP contribution is -2.31. The van der Waals surface area contributed by atoms with E-state index >= 15 is 0 Å². The van der Waals surface area contributed by atoms with Crippen LogP contribution in [0.5, 0.6) is 0 Å². The van der Waals surface area contributed by atoms with Crippen molar-refractivity contribution < 1.29 is 4.42 Å². The lowest BCUT2D eigenvalue weighted by Gasteiger charge is -2.06. The Hall–Kier alpha value is -2.57. The van der Waals surface area contributed by atoms with Gasteiger partial charge in [-0.15, -0.1) is 0 Å². The molecule has 0 aromatic carbocycles. The molecule has 0 spiro atoms. The average molecular weight is 288 g/mol. The predicted octanol–water partition coefficient (Wildman–Crippen LogP) is 1.33. The van der Waals surface area contributed by atoms with E-state index < -0.39 is 11.2 Å². The molecule has 0 radical (unpaired) electrons. The number of aromatic amines is 1. The molecule has 0 fully saturated rings. The van der Waals surface area contributed by atoms with Crippen molar-refractivity contribution in [3.8, 4) is 0 Å². The van der Waals surface area contributed by atoms with Gasteiger partial charge in [-0.2, -0.15) is 0 Å². The minimum Gasteiger partial charge on any atom is -0.467 e. The minimum atomic E-state index is -0.424. The Morgan fingerprint density at radius 2 is 2.24 bits per heavy atom. The number of aromatic nitrogens is 4. The molecular weight excluding hydrogens is 272 g/mol. The summed E-state index contributed by atoms with van der Waals surface area (Å²) in [5.41, 5.74) is -0.0261. The highest BCUT2D eigenvalue weighted by Gasteiger charge is 2.14. The molecule has 1 N–H and O–H groups in total. The highest BCUT2D eigenvalue weighted by atomic mass is 16.3. The van der Waals surface area contributed by atoms with Crippen LogP contribution in [0, 0.1) is 0 Å². The van der Waals surface area contributed by atoms with Crippen molar-refractivity contribution in [2.45, 2.75) is 32.9 Å². The van der Waals surface area contributed by atoms with Gasteiger partial charge in [0.1, 0.15) is 5.76 Å². The average Bonchev–Trinajstić information content (AvgIpc) is 3.09. The zero-order chi connectivity index (χ0) is 14.8. The second kappa shape index (κ2) is 5.43. The maximum absolute atomic E-state index is 12.1. The van der Waals surface area contributed by atoms with Crippen LogP contribution in [-0.4, -0.2) is 19.1 Å². The summed E-state index contributed by atoms with van der Waals surface area (Å²) in [6.07, 6.45) is 4.95. The number of H-pyrrole nitrogens is 1. The molecule has 3 aromatic heterocycles. The van der Waals surface area contributed by atoms with Crippen LogP contribution in [0.15, 0.2) is 38.7 Å².